The highest BCUT2D eigenvalue weighted by Gasteiger charge is 2.10. The minimum atomic E-state index is -0.388. The first-order chi connectivity index (χ1) is 10.6. The number of benzene rings is 1. The third-order valence-corrected chi connectivity index (χ3v) is 2.84. The molecule has 0 fully saturated rings. The Kier molecular flexibility index (Phi) is 7.91. The van der Waals surface area contributed by atoms with Crippen molar-refractivity contribution in [3.8, 4) is 5.75 Å². The molecule has 0 radical (unpaired) electrons. The van der Waals surface area contributed by atoms with E-state index in [-0.39, 0.29) is 29.8 Å². The summed E-state index contributed by atoms with van der Waals surface area (Å²) in [5.41, 5.74) is 0.651. The third kappa shape index (κ3) is 6.53. The fraction of sp³-hybridized carbons (Fsp3) is 0.400. The van der Waals surface area contributed by atoms with Gasteiger partial charge in [-0.25, -0.2) is 0 Å². The van der Waals surface area contributed by atoms with Crippen molar-refractivity contribution in [3.63, 3.8) is 0 Å². The molecular weight excluding hydrogens is 304 g/mol. The van der Waals surface area contributed by atoms with Crippen LogP contribution >= 0.6 is 12.2 Å². The summed E-state index contributed by atoms with van der Waals surface area (Å²) < 4.78 is 10.1. The Morgan fingerprint density at radius 2 is 1.95 bits per heavy atom. The van der Waals surface area contributed by atoms with E-state index in [2.05, 4.69) is 10.6 Å². The molecule has 1 aromatic carbocycles. The van der Waals surface area contributed by atoms with Crippen LogP contribution in [0, 0.1) is 0 Å². The Bertz CT molecular complexity index is 534. The van der Waals surface area contributed by atoms with Crippen LogP contribution in [0.5, 0.6) is 5.75 Å². The van der Waals surface area contributed by atoms with Crippen molar-refractivity contribution in [2.75, 3.05) is 19.0 Å². The van der Waals surface area contributed by atoms with E-state index in [4.69, 9.17) is 21.7 Å². The molecule has 1 amide bonds. The van der Waals surface area contributed by atoms with Crippen LogP contribution < -0.4 is 15.4 Å². The fourth-order valence-electron chi connectivity index (χ4n) is 1.59. The number of amides is 1. The lowest BCUT2D eigenvalue weighted by Gasteiger charge is -2.12. The molecule has 0 aliphatic heterocycles. The van der Waals surface area contributed by atoms with Crippen molar-refractivity contribution in [1.29, 1.82) is 0 Å². The zero-order chi connectivity index (χ0) is 16.4. The Morgan fingerprint density at radius 3 is 2.64 bits per heavy atom. The predicted molar refractivity (Wildman–Crippen MR) is 87.8 cm³/mol. The monoisotopic (exact) mass is 324 g/mol. The molecule has 0 aliphatic rings. The van der Waals surface area contributed by atoms with Crippen LogP contribution in [0.2, 0.25) is 0 Å². The molecular formula is C15H20N2O4S. The lowest BCUT2D eigenvalue weighted by Crippen LogP contribution is -2.34. The van der Waals surface area contributed by atoms with Crippen LogP contribution in [0.15, 0.2) is 24.3 Å². The predicted octanol–water partition coefficient (Wildman–Crippen LogP) is 2.24. The molecule has 0 heterocycles. The molecule has 120 valence electrons. The SMILES string of the molecule is CCCOC(=O)CCC(=O)NC(=S)Nc1ccccc1OC. The number of carbonyl (C=O) groups is 2. The van der Waals surface area contributed by atoms with Gasteiger partial charge in [0.05, 0.1) is 25.8 Å². The molecule has 6 nitrogen and oxygen atoms in total. The van der Waals surface area contributed by atoms with Crippen molar-refractivity contribution < 1.29 is 19.1 Å². The quantitative estimate of drug-likeness (QED) is 0.592. The van der Waals surface area contributed by atoms with E-state index in [1.54, 1.807) is 19.2 Å². The average molecular weight is 324 g/mol. The van der Waals surface area contributed by atoms with Gasteiger partial charge in [0.1, 0.15) is 5.75 Å². The van der Waals surface area contributed by atoms with Crippen molar-refractivity contribution in [2.24, 2.45) is 0 Å². The second-order valence-electron chi connectivity index (χ2n) is 4.42. The maximum atomic E-state index is 11.7. The van der Waals surface area contributed by atoms with Crippen molar-refractivity contribution in [2.45, 2.75) is 26.2 Å². The maximum Gasteiger partial charge on any atom is 0.306 e. The lowest BCUT2D eigenvalue weighted by molar-refractivity contribution is -0.144. The van der Waals surface area contributed by atoms with E-state index in [1.807, 2.05) is 19.1 Å². The molecule has 0 saturated heterocycles. The van der Waals surface area contributed by atoms with Gasteiger partial charge in [0.2, 0.25) is 5.91 Å². The Morgan fingerprint density at radius 1 is 1.23 bits per heavy atom. The number of methoxy groups -OCH3 is 1. The summed E-state index contributed by atoms with van der Waals surface area (Å²) >= 11 is 5.05. The van der Waals surface area contributed by atoms with E-state index >= 15 is 0 Å². The molecule has 0 aliphatic carbocycles. The van der Waals surface area contributed by atoms with E-state index in [1.165, 1.54) is 0 Å². The van der Waals surface area contributed by atoms with Crippen molar-refractivity contribution in [1.82, 2.24) is 5.32 Å². The number of rotatable bonds is 7. The number of ether oxygens (including phenoxy) is 2. The van der Waals surface area contributed by atoms with E-state index in [0.717, 1.165) is 6.42 Å². The molecule has 2 N–H and O–H groups in total. The van der Waals surface area contributed by atoms with Gasteiger partial charge in [-0.15, -0.1) is 0 Å². The van der Waals surface area contributed by atoms with Crippen LogP contribution in [0.3, 0.4) is 0 Å². The minimum Gasteiger partial charge on any atom is -0.495 e. The molecule has 0 bridgehead atoms. The highest BCUT2D eigenvalue weighted by molar-refractivity contribution is 7.80. The van der Waals surface area contributed by atoms with Crippen molar-refractivity contribution in [3.05, 3.63) is 24.3 Å². The van der Waals surface area contributed by atoms with Crippen LogP contribution in [0.25, 0.3) is 0 Å². The first-order valence-corrected chi connectivity index (χ1v) is 7.37. The van der Waals surface area contributed by atoms with Crippen LogP contribution in [-0.4, -0.2) is 30.7 Å². The average Bonchev–Trinajstić information content (AvgIpc) is 2.51. The number of esters is 1. The topological polar surface area (TPSA) is 76.7 Å². The van der Waals surface area contributed by atoms with E-state index in [0.29, 0.717) is 18.0 Å². The van der Waals surface area contributed by atoms with E-state index in [9.17, 15) is 9.59 Å². The number of hydrogen-bond acceptors (Lipinski definition) is 5. The van der Waals surface area contributed by atoms with Crippen LogP contribution in [0.4, 0.5) is 5.69 Å². The molecule has 1 aromatic rings. The largest absolute Gasteiger partial charge is 0.495 e. The van der Waals surface area contributed by atoms with Gasteiger partial charge < -0.3 is 20.1 Å². The molecule has 1 rings (SSSR count). The molecule has 0 spiro atoms. The van der Waals surface area contributed by atoms with Gasteiger partial charge in [-0.3, -0.25) is 9.59 Å². The molecule has 0 aromatic heterocycles. The second kappa shape index (κ2) is 9.73. The number of anilines is 1. The van der Waals surface area contributed by atoms with E-state index < -0.39 is 0 Å². The number of para-hydroxylation sites is 2. The highest BCUT2D eigenvalue weighted by Crippen LogP contribution is 2.22. The third-order valence-electron chi connectivity index (χ3n) is 2.63. The Labute approximate surface area is 135 Å². The van der Waals surface area contributed by atoms with Gasteiger partial charge in [-0.2, -0.15) is 0 Å². The van der Waals surface area contributed by atoms with Gasteiger partial charge in [0, 0.05) is 6.42 Å². The van der Waals surface area contributed by atoms with Crippen LogP contribution in [0.1, 0.15) is 26.2 Å². The second-order valence-corrected chi connectivity index (χ2v) is 4.83. The normalized spacial score (nSPS) is 9.73. The number of carbonyl (C=O) groups excluding carboxylic acids is 2. The molecule has 22 heavy (non-hydrogen) atoms. The van der Waals surface area contributed by atoms with Gasteiger partial charge in [-0.05, 0) is 30.8 Å². The fourth-order valence-corrected chi connectivity index (χ4v) is 1.82. The number of hydrogen-bond donors (Lipinski definition) is 2. The zero-order valence-corrected chi connectivity index (χ0v) is 13.5. The standard InChI is InChI=1S/C15H20N2O4S/c1-3-10-21-14(19)9-8-13(18)17-15(22)16-11-6-4-5-7-12(11)20-2/h4-7H,3,8-10H2,1-2H3,(H2,16,17,18,22). The Hall–Kier alpha value is -2.15. The molecule has 0 saturated carbocycles. The summed E-state index contributed by atoms with van der Waals surface area (Å²) in [6.07, 6.45) is 0.810. The number of nitrogens with one attached hydrogen (secondary N) is 2. The van der Waals surface area contributed by atoms with Crippen LogP contribution in [-0.2, 0) is 14.3 Å². The maximum absolute atomic E-state index is 11.7. The molecule has 7 heteroatoms. The van der Waals surface area contributed by atoms with Gasteiger partial charge >= 0.3 is 5.97 Å². The number of thiocarbonyl (C=S) groups is 1. The molecule has 0 unspecified atom stereocenters. The van der Waals surface area contributed by atoms with Gasteiger partial charge in [0.25, 0.3) is 0 Å². The molecule has 0 atom stereocenters. The van der Waals surface area contributed by atoms with Gasteiger partial charge in [-0.1, -0.05) is 19.1 Å². The van der Waals surface area contributed by atoms with Gasteiger partial charge in [0.15, 0.2) is 5.11 Å². The summed E-state index contributed by atoms with van der Waals surface area (Å²) in [6, 6.07) is 7.20. The Balaban J connectivity index is 2.38. The summed E-state index contributed by atoms with van der Waals surface area (Å²) in [5, 5.41) is 5.53. The van der Waals surface area contributed by atoms with Crippen molar-refractivity contribution >= 4 is 34.9 Å². The zero-order valence-electron chi connectivity index (χ0n) is 12.7. The summed E-state index contributed by atoms with van der Waals surface area (Å²) in [5.74, 6) is -0.122. The smallest absolute Gasteiger partial charge is 0.306 e. The summed E-state index contributed by atoms with van der Waals surface area (Å²) in [6.45, 7) is 2.27. The lowest BCUT2D eigenvalue weighted by atomic mass is 10.3. The first-order valence-electron chi connectivity index (χ1n) is 6.96. The summed E-state index contributed by atoms with van der Waals surface area (Å²) in [4.78, 5) is 23.0. The minimum absolute atomic E-state index is 0.0241. The summed E-state index contributed by atoms with van der Waals surface area (Å²) in [7, 11) is 1.55. The highest BCUT2D eigenvalue weighted by atomic mass is 32.1. The first kappa shape index (κ1) is 17.9.